The van der Waals surface area contributed by atoms with E-state index >= 15 is 0 Å². The van der Waals surface area contributed by atoms with Gasteiger partial charge in [-0.3, -0.25) is 0 Å². The first-order valence-electron chi connectivity index (χ1n) is 6.20. The molecule has 1 aromatic heterocycles. The molecule has 7 heteroatoms. The predicted molar refractivity (Wildman–Crippen MR) is 69.4 cm³/mol. The maximum Gasteiger partial charge on any atom is 0.409 e. The topological polar surface area (TPSA) is 71.7 Å². The Bertz CT molecular complexity index is 461. The van der Waals surface area contributed by atoms with Gasteiger partial charge in [-0.25, -0.2) is 14.2 Å². The van der Waals surface area contributed by atoms with Gasteiger partial charge >= 0.3 is 6.09 Å². The number of carbonyl (C=O) groups excluding carboxylic acids is 1. The SMILES string of the molecule is CCOC(=O)N1CCN(c2nc(N)ccc2F)CC1. The Kier molecular flexibility index (Phi) is 4.03. The first-order chi connectivity index (χ1) is 9.11. The van der Waals surface area contributed by atoms with Gasteiger partial charge in [0.05, 0.1) is 6.61 Å². The van der Waals surface area contributed by atoms with Gasteiger partial charge < -0.3 is 20.3 Å². The van der Waals surface area contributed by atoms with Crippen LogP contribution in [0, 0.1) is 5.82 Å². The summed E-state index contributed by atoms with van der Waals surface area (Å²) in [5, 5.41) is 0. The van der Waals surface area contributed by atoms with Crippen LogP contribution in [0.4, 0.5) is 20.8 Å². The fourth-order valence-electron chi connectivity index (χ4n) is 1.98. The van der Waals surface area contributed by atoms with Gasteiger partial charge in [-0.15, -0.1) is 0 Å². The molecule has 1 fully saturated rings. The van der Waals surface area contributed by atoms with Crippen LogP contribution in [-0.4, -0.2) is 48.8 Å². The van der Waals surface area contributed by atoms with E-state index in [1.807, 2.05) is 0 Å². The van der Waals surface area contributed by atoms with E-state index in [1.165, 1.54) is 12.1 Å². The van der Waals surface area contributed by atoms with Crippen molar-refractivity contribution >= 4 is 17.7 Å². The lowest BCUT2D eigenvalue weighted by Crippen LogP contribution is -2.49. The van der Waals surface area contributed by atoms with E-state index in [0.29, 0.717) is 32.8 Å². The Hall–Kier alpha value is -2.05. The number of aromatic nitrogens is 1. The van der Waals surface area contributed by atoms with E-state index in [-0.39, 0.29) is 17.7 Å². The molecule has 1 amide bonds. The molecule has 6 nitrogen and oxygen atoms in total. The van der Waals surface area contributed by atoms with Crippen LogP contribution in [-0.2, 0) is 4.74 Å². The van der Waals surface area contributed by atoms with Crippen LogP contribution in [0.3, 0.4) is 0 Å². The molecule has 1 aromatic rings. The van der Waals surface area contributed by atoms with Crippen molar-refractivity contribution in [3.63, 3.8) is 0 Å². The highest BCUT2D eigenvalue weighted by Crippen LogP contribution is 2.19. The number of nitrogens with zero attached hydrogens (tertiary/aromatic N) is 3. The lowest BCUT2D eigenvalue weighted by molar-refractivity contribution is 0.105. The molecule has 0 aliphatic carbocycles. The summed E-state index contributed by atoms with van der Waals surface area (Å²) in [5.74, 6) is 0.117. The number of carbonyl (C=O) groups is 1. The fourth-order valence-corrected chi connectivity index (χ4v) is 1.98. The second-order valence-electron chi connectivity index (χ2n) is 4.21. The lowest BCUT2D eigenvalue weighted by Gasteiger charge is -2.34. The smallest absolute Gasteiger partial charge is 0.409 e. The normalized spacial score (nSPS) is 15.5. The summed E-state index contributed by atoms with van der Waals surface area (Å²) in [6.07, 6.45) is -0.330. The number of pyridine rings is 1. The molecule has 0 spiro atoms. The zero-order chi connectivity index (χ0) is 13.8. The summed E-state index contributed by atoms with van der Waals surface area (Å²) in [6, 6.07) is 2.73. The molecule has 19 heavy (non-hydrogen) atoms. The minimum atomic E-state index is -0.404. The number of rotatable bonds is 2. The van der Waals surface area contributed by atoms with Gasteiger partial charge in [-0.2, -0.15) is 0 Å². The number of hydrogen-bond acceptors (Lipinski definition) is 5. The molecule has 1 aliphatic rings. The quantitative estimate of drug-likeness (QED) is 0.869. The van der Waals surface area contributed by atoms with Gasteiger partial charge in [-0.05, 0) is 19.1 Å². The first-order valence-corrected chi connectivity index (χ1v) is 6.20. The molecule has 104 valence electrons. The second kappa shape index (κ2) is 5.73. The number of anilines is 2. The highest BCUT2D eigenvalue weighted by atomic mass is 19.1. The summed E-state index contributed by atoms with van der Waals surface area (Å²) in [6.45, 7) is 4.09. The van der Waals surface area contributed by atoms with Gasteiger partial charge in [0.25, 0.3) is 0 Å². The van der Waals surface area contributed by atoms with Crippen LogP contribution in [0.25, 0.3) is 0 Å². The van der Waals surface area contributed by atoms with Crippen molar-refractivity contribution in [3.05, 3.63) is 17.9 Å². The number of amides is 1. The molecular weight excluding hydrogens is 251 g/mol. The third kappa shape index (κ3) is 3.04. The highest BCUT2D eigenvalue weighted by Gasteiger charge is 2.24. The number of nitrogen functional groups attached to an aromatic ring is 1. The maximum absolute atomic E-state index is 13.7. The van der Waals surface area contributed by atoms with E-state index in [4.69, 9.17) is 10.5 Å². The molecule has 0 atom stereocenters. The Morgan fingerprint density at radius 3 is 2.74 bits per heavy atom. The van der Waals surface area contributed by atoms with Crippen LogP contribution in [0.15, 0.2) is 12.1 Å². The van der Waals surface area contributed by atoms with Crippen LogP contribution < -0.4 is 10.6 Å². The fraction of sp³-hybridized carbons (Fsp3) is 0.500. The minimum Gasteiger partial charge on any atom is -0.450 e. The van der Waals surface area contributed by atoms with Crippen molar-refractivity contribution in [1.29, 1.82) is 0 Å². The van der Waals surface area contributed by atoms with Crippen molar-refractivity contribution in [2.45, 2.75) is 6.92 Å². The number of hydrogen-bond donors (Lipinski definition) is 1. The predicted octanol–water partition coefficient (Wildman–Crippen LogP) is 1.08. The molecule has 2 N–H and O–H groups in total. The average molecular weight is 268 g/mol. The third-order valence-electron chi connectivity index (χ3n) is 2.95. The summed E-state index contributed by atoms with van der Waals surface area (Å²) in [7, 11) is 0. The van der Waals surface area contributed by atoms with Crippen LogP contribution in [0.5, 0.6) is 0 Å². The number of piperazine rings is 1. The zero-order valence-corrected chi connectivity index (χ0v) is 10.8. The lowest BCUT2D eigenvalue weighted by atomic mass is 10.3. The van der Waals surface area contributed by atoms with Crippen LogP contribution >= 0.6 is 0 Å². The Balaban J connectivity index is 2.00. The maximum atomic E-state index is 13.7. The number of ether oxygens (including phenoxy) is 1. The third-order valence-corrected chi connectivity index (χ3v) is 2.95. The summed E-state index contributed by atoms with van der Waals surface area (Å²) in [4.78, 5) is 18.9. The molecule has 2 heterocycles. The number of nitrogens with two attached hydrogens (primary N) is 1. The van der Waals surface area contributed by atoms with Gasteiger partial charge in [0.1, 0.15) is 5.82 Å². The van der Waals surface area contributed by atoms with Gasteiger partial charge in [0.2, 0.25) is 0 Å². The van der Waals surface area contributed by atoms with Crippen molar-refractivity contribution in [2.75, 3.05) is 43.4 Å². The molecule has 1 saturated heterocycles. The van der Waals surface area contributed by atoms with E-state index < -0.39 is 5.82 Å². The molecule has 0 saturated carbocycles. The highest BCUT2D eigenvalue weighted by molar-refractivity contribution is 5.68. The van der Waals surface area contributed by atoms with Crippen LogP contribution in [0.1, 0.15) is 6.92 Å². The molecule has 1 aliphatic heterocycles. The van der Waals surface area contributed by atoms with Gasteiger partial charge in [0, 0.05) is 26.2 Å². The molecule has 2 rings (SSSR count). The molecule has 0 aromatic carbocycles. The Morgan fingerprint density at radius 2 is 2.11 bits per heavy atom. The Labute approximate surface area is 110 Å². The number of halogens is 1. The van der Waals surface area contributed by atoms with Crippen molar-refractivity contribution in [1.82, 2.24) is 9.88 Å². The van der Waals surface area contributed by atoms with Gasteiger partial charge in [-0.1, -0.05) is 0 Å². The molecule has 0 unspecified atom stereocenters. The largest absolute Gasteiger partial charge is 0.450 e. The van der Waals surface area contributed by atoms with Crippen molar-refractivity contribution < 1.29 is 13.9 Å². The summed E-state index contributed by atoms with van der Waals surface area (Å²) in [5.41, 5.74) is 5.56. The zero-order valence-electron chi connectivity index (χ0n) is 10.8. The van der Waals surface area contributed by atoms with Crippen molar-refractivity contribution in [3.8, 4) is 0 Å². The summed E-state index contributed by atoms with van der Waals surface area (Å²) < 4.78 is 18.6. The van der Waals surface area contributed by atoms with Crippen molar-refractivity contribution in [2.24, 2.45) is 0 Å². The second-order valence-corrected chi connectivity index (χ2v) is 4.21. The van der Waals surface area contributed by atoms with Gasteiger partial charge in [0.15, 0.2) is 11.6 Å². The standard InChI is InChI=1S/C12H17FN4O2/c1-2-19-12(18)17-7-5-16(6-8-17)11-9(13)3-4-10(14)15-11/h3-4H,2,5-8H2,1H3,(H2,14,15). The molecular formula is C12H17FN4O2. The van der Waals surface area contributed by atoms with E-state index in [0.717, 1.165) is 0 Å². The monoisotopic (exact) mass is 268 g/mol. The first kappa shape index (κ1) is 13.4. The minimum absolute atomic E-state index is 0.239. The van der Waals surface area contributed by atoms with E-state index in [1.54, 1.807) is 16.7 Å². The average Bonchev–Trinajstić information content (AvgIpc) is 2.42. The molecule has 0 radical (unpaired) electrons. The molecule has 0 bridgehead atoms. The van der Waals surface area contributed by atoms with E-state index in [9.17, 15) is 9.18 Å². The van der Waals surface area contributed by atoms with E-state index in [2.05, 4.69) is 4.98 Å². The summed E-state index contributed by atoms with van der Waals surface area (Å²) >= 11 is 0. The van der Waals surface area contributed by atoms with Crippen LogP contribution in [0.2, 0.25) is 0 Å². The Morgan fingerprint density at radius 1 is 1.42 bits per heavy atom.